The van der Waals surface area contributed by atoms with Crippen molar-refractivity contribution in [3.63, 3.8) is 0 Å². The maximum atomic E-state index is 12.9. The summed E-state index contributed by atoms with van der Waals surface area (Å²) in [5.41, 5.74) is 3.32. The first-order valence-electron chi connectivity index (χ1n) is 11.1. The van der Waals surface area contributed by atoms with Gasteiger partial charge in [-0.05, 0) is 56.7 Å². The van der Waals surface area contributed by atoms with Crippen molar-refractivity contribution < 1.29 is 14.3 Å². The monoisotopic (exact) mass is 433 g/mol. The first kappa shape index (κ1) is 23.3. The topological polar surface area (TPSA) is 84.1 Å². The predicted molar refractivity (Wildman–Crippen MR) is 123 cm³/mol. The van der Waals surface area contributed by atoms with Crippen LogP contribution in [0.4, 0.5) is 0 Å². The van der Waals surface area contributed by atoms with E-state index in [1.807, 2.05) is 32.0 Å². The van der Waals surface area contributed by atoms with Crippen molar-refractivity contribution in [3.05, 3.63) is 64.5 Å². The highest BCUT2D eigenvalue weighted by molar-refractivity contribution is 5.99. The zero-order chi connectivity index (χ0) is 23.3. The summed E-state index contributed by atoms with van der Waals surface area (Å²) < 4.78 is 7.76. The molecule has 2 aromatic rings. The van der Waals surface area contributed by atoms with Gasteiger partial charge in [0.25, 0.3) is 5.91 Å². The molecule has 0 bridgehead atoms. The molecule has 0 saturated heterocycles. The van der Waals surface area contributed by atoms with Crippen LogP contribution < -0.4 is 5.32 Å². The van der Waals surface area contributed by atoms with Gasteiger partial charge in [0.05, 0.1) is 0 Å². The van der Waals surface area contributed by atoms with E-state index in [4.69, 9.17) is 4.74 Å². The molecule has 3 rings (SSSR count). The van der Waals surface area contributed by atoms with E-state index in [-0.39, 0.29) is 17.5 Å². The van der Waals surface area contributed by atoms with Crippen molar-refractivity contribution in [3.8, 4) is 6.07 Å². The lowest BCUT2D eigenvalue weighted by Gasteiger charge is -2.17. The summed E-state index contributed by atoms with van der Waals surface area (Å²) in [5, 5.41) is 12.5. The van der Waals surface area contributed by atoms with Crippen LogP contribution in [-0.4, -0.2) is 22.5 Å². The van der Waals surface area contributed by atoms with E-state index in [2.05, 4.69) is 23.7 Å². The first-order valence-corrected chi connectivity index (χ1v) is 11.1. The highest BCUT2D eigenvalue weighted by Crippen LogP contribution is 2.25. The molecule has 1 saturated carbocycles. The second-order valence-corrected chi connectivity index (χ2v) is 8.81. The number of hydrogen-bond acceptors (Lipinski definition) is 4. The van der Waals surface area contributed by atoms with Gasteiger partial charge in [0.1, 0.15) is 11.6 Å². The summed E-state index contributed by atoms with van der Waals surface area (Å²) in [5.74, 6) is -0.591. The quantitative estimate of drug-likeness (QED) is 0.355. The molecular formula is C26H31N3O3. The van der Waals surface area contributed by atoms with E-state index in [0.717, 1.165) is 42.8 Å². The standard InChI is InChI=1S/C26H31N3O3/c1-17(2)12-13-29-18(3)14-21(19(29)4)15-22(16-27)26(31)32-24(20-8-6-5-7-9-20)25(30)28-23-10-11-23/h5-9,14-15,17,23-24H,10-13H2,1-4H3,(H,28,30)/b22-15+. The first-order chi connectivity index (χ1) is 15.3. The molecule has 1 aromatic carbocycles. The lowest BCUT2D eigenvalue weighted by molar-refractivity contribution is -0.152. The van der Waals surface area contributed by atoms with Crippen LogP contribution in [0.25, 0.3) is 6.08 Å². The molecule has 6 nitrogen and oxygen atoms in total. The molecule has 32 heavy (non-hydrogen) atoms. The van der Waals surface area contributed by atoms with Gasteiger partial charge in [-0.3, -0.25) is 4.79 Å². The molecule has 1 amide bonds. The van der Waals surface area contributed by atoms with Gasteiger partial charge in [-0.2, -0.15) is 5.26 Å². The fourth-order valence-electron chi connectivity index (χ4n) is 3.57. The number of ether oxygens (including phenoxy) is 1. The molecule has 0 spiro atoms. The fourth-order valence-corrected chi connectivity index (χ4v) is 3.57. The Morgan fingerprint density at radius 3 is 2.53 bits per heavy atom. The van der Waals surface area contributed by atoms with Crippen LogP contribution in [-0.2, 0) is 20.9 Å². The van der Waals surface area contributed by atoms with Gasteiger partial charge in [-0.25, -0.2) is 4.79 Å². The lowest BCUT2D eigenvalue weighted by Crippen LogP contribution is -2.33. The molecule has 6 heteroatoms. The smallest absolute Gasteiger partial charge is 0.350 e. The van der Waals surface area contributed by atoms with E-state index in [1.165, 1.54) is 0 Å². The predicted octanol–water partition coefficient (Wildman–Crippen LogP) is 4.62. The molecule has 1 fully saturated rings. The summed E-state index contributed by atoms with van der Waals surface area (Å²) in [6.45, 7) is 9.24. The summed E-state index contributed by atoms with van der Waals surface area (Å²) >= 11 is 0. The van der Waals surface area contributed by atoms with Crippen LogP contribution in [0, 0.1) is 31.1 Å². The second-order valence-electron chi connectivity index (χ2n) is 8.81. The number of nitriles is 1. The molecule has 1 heterocycles. The number of carbonyl (C=O) groups excluding carboxylic acids is 2. The molecule has 1 aliphatic rings. The average Bonchev–Trinajstić information content (AvgIpc) is 3.54. The minimum atomic E-state index is -1.10. The molecular weight excluding hydrogens is 402 g/mol. The van der Waals surface area contributed by atoms with E-state index in [9.17, 15) is 14.9 Å². The van der Waals surface area contributed by atoms with Crippen molar-refractivity contribution in [2.75, 3.05) is 0 Å². The third kappa shape index (κ3) is 5.88. The van der Waals surface area contributed by atoms with Gasteiger partial charge in [0.15, 0.2) is 0 Å². The lowest BCUT2D eigenvalue weighted by atomic mass is 10.1. The van der Waals surface area contributed by atoms with Gasteiger partial charge in [-0.1, -0.05) is 44.2 Å². The number of nitrogens with one attached hydrogen (secondary N) is 1. The Bertz CT molecular complexity index is 1040. The third-order valence-corrected chi connectivity index (χ3v) is 5.67. The van der Waals surface area contributed by atoms with Gasteiger partial charge >= 0.3 is 5.97 Å². The summed E-state index contributed by atoms with van der Waals surface area (Å²) in [4.78, 5) is 25.6. The molecule has 1 unspecified atom stereocenters. The molecule has 1 aliphatic carbocycles. The van der Waals surface area contributed by atoms with Gasteiger partial charge < -0.3 is 14.6 Å². The van der Waals surface area contributed by atoms with Crippen LogP contribution in [0.15, 0.2) is 42.0 Å². The Hall–Kier alpha value is -3.33. The van der Waals surface area contributed by atoms with Crippen LogP contribution in [0.1, 0.15) is 61.7 Å². The minimum Gasteiger partial charge on any atom is -0.443 e. The SMILES string of the molecule is Cc1cc(/C=C(\C#N)C(=O)OC(C(=O)NC2CC2)c2ccccc2)c(C)n1CCC(C)C. The molecule has 0 radical (unpaired) electrons. The van der Waals surface area contributed by atoms with Crippen LogP contribution in [0.2, 0.25) is 0 Å². The number of aryl methyl sites for hydroxylation is 1. The van der Waals surface area contributed by atoms with Crippen LogP contribution >= 0.6 is 0 Å². The second kappa shape index (κ2) is 10.3. The molecule has 1 aromatic heterocycles. The zero-order valence-corrected chi connectivity index (χ0v) is 19.2. The number of hydrogen-bond donors (Lipinski definition) is 1. The maximum absolute atomic E-state index is 12.9. The number of aromatic nitrogens is 1. The number of esters is 1. The zero-order valence-electron chi connectivity index (χ0n) is 19.2. The van der Waals surface area contributed by atoms with Crippen molar-refractivity contribution in [1.29, 1.82) is 5.26 Å². The van der Waals surface area contributed by atoms with Crippen molar-refractivity contribution >= 4 is 18.0 Å². The van der Waals surface area contributed by atoms with Gasteiger partial charge in [0, 0.05) is 29.5 Å². The van der Waals surface area contributed by atoms with Crippen molar-refractivity contribution in [1.82, 2.24) is 9.88 Å². The minimum absolute atomic E-state index is 0.130. The van der Waals surface area contributed by atoms with E-state index < -0.39 is 12.1 Å². The Morgan fingerprint density at radius 2 is 1.94 bits per heavy atom. The average molecular weight is 434 g/mol. The van der Waals surface area contributed by atoms with Crippen LogP contribution in [0.5, 0.6) is 0 Å². The number of nitrogens with zero attached hydrogens (tertiary/aromatic N) is 2. The maximum Gasteiger partial charge on any atom is 0.350 e. The number of rotatable bonds is 9. The van der Waals surface area contributed by atoms with Crippen molar-refractivity contribution in [2.45, 2.75) is 65.6 Å². The summed E-state index contributed by atoms with van der Waals surface area (Å²) in [7, 11) is 0. The van der Waals surface area contributed by atoms with E-state index in [0.29, 0.717) is 11.5 Å². The normalized spacial score (nSPS) is 14.7. The Kier molecular flexibility index (Phi) is 7.53. The Balaban J connectivity index is 1.82. The van der Waals surface area contributed by atoms with Gasteiger partial charge in [-0.15, -0.1) is 0 Å². The van der Waals surface area contributed by atoms with E-state index >= 15 is 0 Å². The summed E-state index contributed by atoms with van der Waals surface area (Å²) in [6.07, 6.45) is 3.35. The molecule has 168 valence electrons. The van der Waals surface area contributed by atoms with Crippen molar-refractivity contribution in [2.24, 2.45) is 5.92 Å². The van der Waals surface area contributed by atoms with Crippen LogP contribution in [0.3, 0.4) is 0 Å². The third-order valence-electron chi connectivity index (χ3n) is 5.67. The molecule has 0 aliphatic heterocycles. The largest absolute Gasteiger partial charge is 0.443 e. The molecule has 1 N–H and O–H groups in total. The summed E-state index contributed by atoms with van der Waals surface area (Å²) in [6, 6.07) is 12.9. The molecule has 1 atom stereocenters. The van der Waals surface area contributed by atoms with E-state index in [1.54, 1.807) is 30.3 Å². The van der Waals surface area contributed by atoms with Gasteiger partial charge in [0.2, 0.25) is 6.10 Å². The highest BCUT2D eigenvalue weighted by atomic mass is 16.5. The Labute approximate surface area is 189 Å². The number of carbonyl (C=O) groups is 2. The highest BCUT2D eigenvalue weighted by Gasteiger charge is 2.31. The number of benzene rings is 1. The number of amides is 1. The Morgan fingerprint density at radius 1 is 1.25 bits per heavy atom. The fraction of sp³-hybridized carbons (Fsp3) is 0.423.